The first-order chi connectivity index (χ1) is 6.83. The van der Waals surface area contributed by atoms with Crippen LogP contribution in [0, 0.1) is 0 Å². The van der Waals surface area contributed by atoms with Gasteiger partial charge in [0.15, 0.2) is 0 Å². The van der Waals surface area contributed by atoms with E-state index in [4.69, 9.17) is 0 Å². The molecule has 1 N–H and O–H groups in total. The van der Waals surface area contributed by atoms with Gasteiger partial charge in [0, 0.05) is 17.4 Å². The van der Waals surface area contributed by atoms with Gasteiger partial charge in [0.1, 0.15) is 0 Å². The van der Waals surface area contributed by atoms with Gasteiger partial charge in [0.2, 0.25) is 5.91 Å². The fourth-order valence-electron chi connectivity index (χ4n) is 1.39. The normalized spacial score (nSPS) is 21.1. The fourth-order valence-corrected chi connectivity index (χ4v) is 4.41. The number of rotatable bonds is 6. The molecule has 0 aromatic rings. The smallest absolute Gasteiger partial charge is 0.243 e. The summed E-state index contributed by atoms with van der Waals surface area (Å²) < 4.78 is 0. The molecule has 0 aromatic heterocycles. The zero-order chi connectivity index (χ0) is 10.2. The van der Waals surface area contributed by atoms with Crippen LogP contribution in [0.25, 0.3) is 0 Å². The van der Waals surface area contributed by atoms with Crippen LogP contribution < -0.4 is 5.48 Å². The number of hydroxylamine groups is 1. The molecule has 3 nitrogen and oxygen atoms in total. The number of carbonyl (C=O) groups excluding carboxylic acids is 1. The van der Waals surface area contributed by atoms with Gasteiger partial charge in [-0.25, -0.2) is 5.48 Å². The topological polar surface area (TPSA) is 38.3 Å². The van der Waals surface area contributed by atoms with Gasteiger partial charge >= 0.3 is 0 Å². The Morgan fingerprint density at radius 1 is 1.57 bits per heavy atom. The predicted molar refractivity (Wildman–Crippen MR) is 62.1 cm³/mol. The van der Waals surface area contributed by atoms with Crippen molar-refractivity contribution in [3.05, 3.63) is 0 Å². The van der Waals surface area contributed by atoms with E-state index in [9.17, 15) is 4.79 Å². The Balaban J connectivity index is 1.90. The van der Waals surface area contributed by atoms with E-state index in [2.05, 4.69) is 10.3 Å². The average molecular weight is 235 g/mol. The van der Waals surface area contributed by atoms with Gasteiger partial charge in [-0.05, 0) is 19.3 Å². The molecule has 0 saturated carbocycles. The van der Waals surface area contributed by atoms with Crippen molar-refractivity contribution in [2.75, 3.05) is 12.9 Å². The van der Waals surface area contributed by atoms with E-state index in [-0.39, 0.29) is 5.91 Å². The van der Waals surface area contributed by atoms with Crippen molar-refractivity contribution >= 4 is 27.5 Å². The lowest BCUT2D eigenvalue weighted by Gasteiger charge is -2.06. The van der Waals surface area contributed by atoms with Gasteiger partial charge in [-0.15, -0.1) is 0 Å². The van der Waals surface area contributed by atoms with Crippen LogP contribution in [-0.4, -0.2) is 24.0 Å². The van der Waals surface area contributed by atoms with Crippen molar-refractivity contribution in [1.29, 1.82) is 0 Å². The van der Waals surface area contributed by atoms with Crippen LogP contribution in [0.2, 0.25) is 0 Å². The zero-order valence-electron chi connectivity index (χ0n) is 8.45. The Morgan fingerprint density at radius 2 is 2.43 bits per heavy atom. The molecule has 1 saturated heterocycles. The molecular formula is C9H17NO2S2. The van der Waals surface area contributed by atoms with Gasteiger partial charge in [-0.3, -0.25) is 9.63 Å². The van der Waals surface area contributed by atoms with Gasteiger partial charge in [-0.1, -0.05) is 28.0 Å². The minimum Gasteiger partial charge on any atom is -0.277 e. The molecule has 0 aromatic carbocycles. The fraction of sp³-hybridized carbons (Fsp3) is 0.889. The summed E-state index contributed by atoms with van der Waals surface area (Å²) in [5.41, 5.74) is 2.33. The van der Waals surface area contributed by atoms with Crippen LogP contribution in [0.5, 0.6) is 0 Å². The van der Waals surface area contributed by atoms with E-state index in [1.807, 2.05) is 21.6 Å². The van der Waals surface area contributed by atoms with E-state index in [0.29, 0.717) is 6.42 Å². The highest BCUT2D eigenvalue weighted by Crippen LogP contribution is 2.39. The molecule has 1 heterocycles. The molecule has 5 heteroatoms. The Hall–Kier alpha value is 0.130. The van der Waals surface area contributed by atoms with Crippen molar-refractivity contribution in [2.24, 2.45) is 0 Å². The number of amides is 1. The molecule has 1 amide bonds. The van der Waals surface area contributed by atoms with Crippen molar-refractivity contribution < 1.29 is 9.63 Å². The van der Waals surface area contributed by atoms with Crippen molar-refractivity contribution in [3.8, 4) is 0 Å². The minimum atomic E-state index is -0.0130. The maximum atomic E-state index is 11.0. The molecule has 1 rings (SSSR count). The Labute approximate surface area is 93.1 Å². The molecule has 1 aliphatic heterocycles. The minimum absolute atomic E-state index is 0.0130. The molecule has 1 unspecified atom stereocenters. The lowest BCUT2D eigenvalue weighted by Crippen LogP contribution is -2.21. The molecule has 0 radical (unpaired) electrons. The molecule has 1 fully saturated rings. The summed E-state index contributed by atoms with van der Waals surface area (Å²) in [4.78, 5) is 15.5. The highest BCUT2D eigenvalue weighted by Gasteiger charge is 2.15. The molecule has 0 aliphatic carbocycles. The van der Waals surface area contributed by atoms with Gasteiger partial charge in [0.25, 0.3) is 0 Å². The number of carbonyl (C=O) groups is 1. The molecule has 0 spiro atoms. The van der Waals surface area contributed by atoms with E-state index in [1.165, 1.54) is 25.7 Å². The summed E-state index contributed by atoms with van der Waals surface area (Å²) in [6, 6.07) is 0. The second-order valence-corrected chi connectivity index (χ2v) is 6.09. The van der Waals surface area contributed by atoms with Gasteiger partial charge in [0.05, 0.1) is 7.11 Å². The van der Waals surface area contributed by atoms with Crippen molar-refractivity contribution in [1.82, 2.24) is 5.48 Å². The van der Waals surface area contributed by atoms with Gasteiger partial charge in [-0.2, -0.15) is 0 Å². The first kappa shape index (κ1) is 12.2. The number of hydrogen-bond donors (Lipinski definition) is 1. The lowest BCUT2D eigenvalue weighted by molar-refractivity contribution is -0.131. The van der Waals surface area contributed by atoms with Gasteiger partial charge < -0.3 is 0 Å². The average Bonchev–Trinajstić information content (AvgIpc) is 2.65. The highest BCUT2D eigenvalue weighted by atomic mass is 33.1. The molecule has 1 atom stereocenters. The maximum Gasteiger partial charge on any atom is 0.243 e. The largest absolute Gasteiger partial charge is 0.277 e. The third kappa shape index (κ3) is 5.12. The molecule has 0 bridgehead atoms. The van der Waals surface area contributed by atoms with Crippen LogP contribution in [-0.2, 0) is 9.63 Å². The summed E-state index contributed by atoms with van der Waals surface area (Å²) in [6.07, 6.45) is 5.28. The quantitative estimate of drug-likeness (QED) is 0.436. The van der Waals surface area contributed by atoms with Crippen LogP contribution in [0.4, 0.5) is 0 Å². The van der Waals surface area contributed by atoms with Crippen molar-refractivity contribution in [2.45, 2.75) is 37.4 Å². The third-order valence-corrected chi connectivity index (χ3v) is 5.13. The van der Waals surface area contributed by atoms with E-state index in [1.54, 1.807) is 0 Å². The van der Waals surface area contributed by atoms with E-state index in [0.717, 1.165) is 18.1 Å². The maximum absolute atomic E-state index is 11.0. The Kier molecular flexibility index (Phi) is 6.47. The molecule has 82 valence electrons. The molecule has 14 heavy (non-hydrogen) atoms. The summed E-state index contributed by atoms with van der Waals surface area (Å²) in [6.45, 7) is 0. The summed E-state index contributed by atoms with van der Waals surface area (Å²) in [5, 5.41) is 0.825. The second-order valence-electron chi connectivity index (χ2n) is 3.30. The first-order valence-electron chi connectivity index (χ1n) is 4.93. The number of hydrogen-bond acceptors (Lipinski definition) is 4. The van der Waals surface area contributed by atoms with Crippen LogP contribution in [0.1, 0.15) is 32.1 Å². The van der Waals surface area contributed by atoms with Crippen molar-refractivity contribution in [3.63, 3.8) is 0 Å². The molecular weight excluding hydrogens is 218 g/mol. The summed E-state index contributed by atoms with van der Waals surface area (Å²) in [5.74, 6) is 1.28. The van der Waals surface area contributed by atoms with Crippen LogP contribution >= 0.6 is 21.6 Å². The molecule has 1 aliphatic rings. The Bertz CT molecular complexity index is 172. The first-order valence-corrected chi connectivity index (χ1v) is 7.31. The third-order valence-electron chi connectivity index (χ3n) is 2.12. The number of unbranched alkanes of at least 4 members (excludes halogenated alkanes) is 1. The van der Waals surface area contributed by atoms with Crippen LogP contribution in [0.15, 0.2) is 0 Å². The highest BCUT2D eigenvalue weighted by molar-refractivity contribution is 8.77. The SMILES string of the molecule is CONC(=O)CCCCC1CCSS1. The predicted octanol–water partition coefficient (Wildman–Crippen LogP) is 2.38. The van der Waals surface area contributed by atoms with E-state index >= 15 is 0 Å². The van der Waals surface area contributed by atoms with Crippen LogP contribution in [0.3, 0.4) is 0 Å². The summed E-state index contributed by atoms with van der Waals surface area (Å²) >= 11 is 0. The zero-order valence-corrected chi connectivity index (χ0v) is 10.1. The standard InChI is InChI=1S/C9H17NO2S2/c1-12-10-9(11)5-3-2-4-8-6-7-13-14-8/h8H,2-7H2,1H3,(H,10,11). The Morgan fingerprint density at radius 3 is 3.07 bits per heavy atom. The monoisotopic (exact) mass is 235 g/mol. The number of nitrogens with one attached hydrogen (secondary N) is 1. The van der Waals surface area contributed by atoms with E-state index < -0.39 is 0 Å². The lowest BCUT2D eigenvalue weighted by atomic mass is 10.1. The summed E-state index contributed by atoms with van der Waals surface area (Å²) in [7, 11) is 5.44. The second kappa shape index (κ2) is 7.43.